The molecule has 19 heavy (non-hydrogen) atoms. The molecule has 0 spiro atoms. The number of furan rings is 1. The van der Waals surface area contributed by atoms with Crippen LogP contribution in [0, 0.1) is 5.82 Å². The minimum atomic E-state index is -0.338. The van der Waals surface area contributed by atoms with Crippen LogP contribution in [-0.4, -0.2) is 5.78 Å². The van der Waals surface area contributed by atoms with E-state index >= 15 is 0 Å². The fourth-order valence-corrected chi connectivity index (χ4v) is 2.04. The number of para-hydroxylation sites is 1. The molecule has 2 aromatic carbocycles. The highest BCUT2D eigenvalue weighted by atomic mass is 19.1. The molecule has 94 valence electrons. The maximum Gasteiger partial charge on any atom is 0.202 e. The number of ketones is 1. The van der Waals surface area contributed by atoms with Gasteiger partial charge in [-0.2, -0.15) is 0 Å². The van der Waals surface area contributed by atoms with E-state index in [-0.39, 0.29) is 18.0 Å². The van der Waals surface area contributed by atoms with Crippen molar-refractivity contribution in [1.82, 2.24) is 0 Å². The number of rotatable bonds is 3. The summed E-state index contributed by atoms with van der Waals surface area (Å²) >= 11 is 0. The van der Waals surface area contributed by atoms with Gasteiger partial charge in [0.05, 0.1) is 0 Å². The lowest BCUT2D eigenvalue weighted by molar-refractivity contribution is 0.0968. The van der Waals surface area contributed by atoms with Crippen molar-refractivity contribution in [2.45, 2.75) is 6.42 Å². The first-order valence-corrected chi connectivity index (χ1v) is 5.98. The van der Waals surface area contributed by atoms with Crippen LogP contribution in [0.25, 0.3) is 11.0 Å². The Balaban J connectivity index is 1.87. The van der Waals surface area contributed by atoms with Gasteiger partial charge >= 0.3 is 0 Å². The highest BCUT2D eigenvalue weighted by Gasteiger charge is 2.12. The first kappa shape index (κ1) is 11.7. The maximum absolute atomic E-state index is 13.1. The SMILES string of the molecule is O=C(Cc1cccc(F)c1)c1cc2ccccc2o1. The Labute approximate surface area is 109 Å². The third-order valence-corrected chi connectivity index (χ3v) is 2.95. The molecule has 0 bridgehead atoms. The molecule has 3 heteroatoms. The molecule has 0 aliphatic carbocycles. The molecule has 0 unspecified atom stereocenters. The van der Waals surface area contributed by atoms with Crippen molar-refractivity contribution in [3.8, 4) is 0 Å². The molecule has 1 heterocycles. The number of benzene rings is 2. The predicted molar refractivity (Wildman–Crippen MR) is 70.6 cm³/mol. The summed E-state index contributed by atoms with van der Waals surface area (Å²) in [6.07, 6.45) is 0.136. The van der Waals surface area contributed by atoms with Crippen molar-refractivity contribution in [3.05, 3.63) is 71.7 Å². The first-order chi connectivity index (χ1) is 9.22. The lowest BCUT2D eigenvalue weighted by Gasteiger charge is -1.98. The molecule has 3 aromatic rings. The van der Waals surface area contributed by atoms with Gasteiger partial charge in [-0.1, -0.05) is 30.3 Å². The van der Waals surface area contributed by atoms with E-state index in [0.29, 0.717) is 16.9 Å². The Kier molecular flexibility index (Phi) is 2.88. The summed E-state index contributed by atoms with van der Waals surface area (Å²) in [4.78, 5) is 12.1. The standard InChI is InChI=1S/C16H11FO2/c17-13-6-3-4-11(8-13)9-14(18)16-10-12-5-1-2-7-15(12)19-16/h1-8,10H,9H2. The molecule has 0 radical (unpaired) electrons. The van der Waals surface area contributed by atoms with Gasteiger partial charge < -0.3 is 4.42 Å². The van der Waals surface area contributed by atoms with Gasteiger partial charge in [-0.25, -0.2) is 4.39 Å². The monoisotopic (exact) mass is 254 g/mol. The summed E-state index contributed by atoms with van der Waals surface area (Å²) in [6.45, 7) is 0. The molecule has 0 N–H and O–H groups in total. The molecule has 0 saturated heterocycles. The lowest BCUT2D eigenvalue weighted by atomic mass is 10.1. The van der Waals surface area contributed by atoms with E-state index < -0.39 is 0 Å². The Hall–Kier alpha value is -2.42. The van der Waals surface area contributed by atoms with E-state index in [9.17, 15) is 9.18 Å². The summed E-state index contributed by atoms with van der Waals surface area (Å²) in [5.41, 5.74) is 1.33. The van der Waals surface area contributed by atoms with Gasteiger partial charge in [0.2, 0.25) is 5.78 Å². The third kappa shape index (κ3) is 2.40. The van der Waals surface area contributed by atoms with Gasteiger partial charge in [0.15, 0.2) is 5.76 Å². The zero-order chi connectivity index (χ0) is 13.2. The summed E-state index contributed by atoms with van der Waals surface area (Å²) in [5, 5.41) is 0.894. The third-order valence-electron chi connectivity index (χ3n) is 2.95. The summed E-state index contributed by atoms with van der Waals surface area (Å²) in [6, 6.07) is 15.2. The average Bonchev–Trinajstić information content (AvgIpc) is 2.82. The van der Waals surface area contributed by atoms with Crippen LogP contribution >= 0.6 is 0 Å². The van der Waals surface area contributed by atoms with Gasteiger partial charge in [-0.15, -0.1) is 0 Å². The Bertz CT molecular complexity index is 710. The molecule has 0 saturated carbocycles. The van der Waals surface area contributed by atoms with Crippen LogP contribution in [-0.2, 0) is 6.42 Å². The lowest BCUT2D eigenvalue weighted by Crippen LogP contribution is -2.02. The van der Waals surface area contributed by atoms with E-state index in [1.165, 1.54) is 12.1 Å². The molecule has 3 rings (SSSR count). The second-order valence-corrected chi connectivity index (χ2v) is 4.38. The second-order valence-electron chi connectivity index (χ2n) is 4.38. The largest absolute Gasteiger partial charge is 0.453 e. The van der Waals surface area contributed by atoms with Crippen LogP contribution in [0.3, 0.4) is 0 Å². The fourth-order valence-electron chi connectivity index (χ4n) is 2.04. The van der Waals surface area contributed by atoms with Gasteiger partial charge in [0.25, 0.3) is 0 Å². The Morgan fingerprint density at radius 3 is 2.68 bits per heavy atom. The van der Waals surface area contributed by atoms with Crippen molar-refractivity contribution < 1.29 is 13.6 Å². The Morgan fingerprint density at radius 1 is 1.05 bits per heavy atom. The molecule has 0 aliphatic rings. The van der Waals surface area contributed by atoms with Crippen molar-refractivity contribution in [2.75, 3.05) is 0 Å². The van der Waals surface area contributed by atoms with Crippen LogP contribution in [0.5, 0.6) is 0 Å². The van der Waals surface area contributed by atoms with Crippen LogP contribution in [0.2, 0.25) is 0 Å². The van der Waals surface area contributed by atoms with E-state index in [2.05, 4.69) is 0 Å². The Morgan fingerprint density at radius 2 is 1.89 bits per heavy atom. The number of carbonyl (C=O) groups excluding carboxylic acids is 1. The molecule has 0 amide bonds. The van der Waals surface area contributed by atoms with E-state index in [1.54, 1.807) is 18.2 Å². The minimum Gasteiger partial charge on any atom is -0.453 e. The zero-order valence-corrected chi connectivity index (χ0v) is 10.1. The first-order valence-electron chi connectivity index (χ1n) is 5.98. The van der Waals surface area contributed by atoms with Crippen LogP contribution in [0.4, 0.5) is 4.39 Å². The number of fused-ring (bicyclic) bond motifs is 1. The normalized spacial score (nSPS) is 10.8. The van der Waals surface area contributed by atoms with Crippen LogP contribution in [0.15, 0.2) is 59.0 Å². The number of hydrogen-bond donors (Lipinski definition) is 0. The second kappa shape index (κ2) is 4.69. The fraction of sp³-hybridized carbons (Fsp3) is 0.0625. The number of hydrogen-bond acceptors (Lipinski definition) is 2. The van der Waals surface area contributed by atoms with E-state index in [4.69, 9.17) is 4.42 Å². The van der Waals surface area contributed by atoms with Gasteiger partial charge in [0.1, 0.15) is 11.4 Å². The van der Waals surface area contributed by atoms with Crippen molar-refractivity contribution in [2.24, 2.45) is 0 Å². The molecule has 0 atom stereocenters. The topological polar surface area (TPSA) is 30.2 Å². The summed E-state index contributed by atoms with van der Waals surface area (Å²) in [5.74, 6) is -0.179. The van der Waals surface area contributed by atoms with Crippen molar-refractivity contribution in [3.63, 3.8) is 0 Å². The zero-order valence-electron chi connectivity index (χ0n) is 10.1. The van der Waals surface area contributed by atoms with E-state index in [1.807, 2.05) is 24.3 Å². The number of Topliss-reactive ketones (excluding diaryl/α,β-unsaturated/α-hetero) is 1. The molecule has 0 aliphatic heterocycles. The highest BCUT2D eigenvalue weighted by molar-refractivity contribution is 5.98. The van der Waals surface area contributed by atoms with Crippen LogP contribution in [0.1, 0.15) is 16.1 Å². The predicted octanol–water partition coefficient (Wildman–Crippen LogP) is 4.00. The molecule has 1 aromatic heterocycles. The highest BCUT2D eigenvalue weighted by Crippen LogP contribution is 2.20. The van der Waals surface area contributed by atoms with Crippen LogP contribution < -0.4 is 0 Å². The smallest absolute Gasteiger partial charge is 0.202 e. The van der Waals surface area contributed by atoms with Gasteiger partial charge in [0, 0.05) is 11.8 Å². The van der Waals surface area contributed by atoms with Gasteiger partial charge in [-0.05, 0) is 29.8 Å². The average molecular weight is 254 g/mol. The van der Waals surface area contributed by atoms with Crippen molar-refractivity contribution >= 4 is 16.8 Å². The minimum absolute atomic E-state index is 0.136. The summed E-state index contributed by atoms with van der Waals surface area (Å²) < 4.78 is 18.5. The molecular weight excluding hydrogens is 243 g/mol. The number of carbonyl (C=O) groups is 1. The molecule has 2 nitrogen and oxygen atoms in total. The van der Waals surface area contributed by atoms with E-state index in [0.717, 1.165) is 5.39 Å². The maximum atomic E-state index is 13.1. The summed E-state index contributed by atoms with van der Waals surface area (Å²) in [7, 11) is 0. The number of halogens is 1. The molecular formula is C16H11FO2. The molecule has 0 fully saturated rings. The van der Waals surface area contributed by atoms with Gasteiger partial charge in [-0.3, -0.25) is 4.79 Å². The van der Waals surface area contributed by atoms with Crippen molar-refractivity contribution in [1.29, 1.82) is 0 Å². The quantitative estimate of drug-likeness (QED) is 0.661.